The Morgan fingerprint density at radius 3 is 3.11 bits per heavy atom. The van der Waals surface area contributed by atoms with Gasteiger partial charge in [0.25, 0.3) is 6.20 Å². The normalized spacial score (nSPS) is 16.7. The van der Waals surface area contributed by atoms with Gasteiger partial charge in [0.2, 0.25) is 5.88 Å². The number of pyridine rings is 1. The molecule has 1 aliphatic rings. The van der Waals surface area contributed by atoms with Gasteiger partial charge in [-0.2, -0.15) is 0 Å². The lowest BCUT2D eigenvalue weighted by Crippen LogP contribution is -2.20. The molecule has 0 unspecified atom stereocenters. The van der Waals surface area contributed by atoms with E-state index in [2.05, 4.69) is 10.3 Å². The van der Waals surface area contributed by atoms with Crippen molar-refractivity contribution in [1.29, 1.82) is 0 Å². The van der Waals surface area contributed by atoms with E-state index in [1.807, 2.05) is 11.0 Å². The van der Waals surface area contributed by atoms with Crippen LogP contribution in [0.4, 0.5) is 0 Å². The van der Waals surface area contributed by atoms with E-state index in [1.54, 1.807) is 19.4 Å². The average molecular weight is 250 g/mol. The molecule has 0 saturated carbocycles. The SMILES string of the molecule is COc1ccc(CN2CCNC2=C[N+](=O)[O-])cn1. The summed E-state index contributed by atoms with van der Waals surface area (Å²) in [4.78, 5) is 16.0. The second kappa shape index (κ2) is 5.35. The molecule has 1 saturated heterocycles. The van der Waals surface area contributed by atoms with Crippen LogP contribution >= 0.6 is 0 Å². The Bertz CT molecular complexity index is 458. The fraction of sp³-hybridized carbons (Fsp3) is 0.364. The lowest BCUT2D eigenvalue weighted by Gasteiger charge is -2.16. The largest absolute Gasteiger partial charge is 0.481 e. The summed E-state index contributed by atoms with van der Waals surface area (Å²) in [5.41, 5.74) is 0.980. The maximum atomic E-state index is 10.5. The predicted molar refractivity (Wildman–Crippen MR) is 64.3 cm³/mol. The number of aromatic nitrogens is 1. The molecular weight excluding hydrogens is 236 g/mol. The van der Waals surface area contributed by atoms with Crippen LogP contribution in [0.15, 0.2) is 30.4 Å². The molecule has 0 aromatic carbocycles. The molecule has 0 bridgehead atoms. The van der Waals surface area contributed by atoms with Gasteiger partial charge in [-0.25, -0.2) is 4.98 Å². The summed E-state index contributed by atoms with van der Waals surface area (Å²) in [5, 5.41) is 13.5. The number of nitro groups is 1. The summed E-state index contributed by atoms with van der Waals surface area (Å²) in [6.45, 7) is 2.04. The van der Waals surface area contributed by atoms with Crippen LogP contribution in [0.3, 0.4) is 0 Å². The smallest absolute Gasteiger partial charge is 0.274 e. The first-order chi connectivity index (χ1) is 8.69. The number of rotatable bonds is 4. The molecule has 2 rings (SSSR count). The second-order valence-electron chi connectivity index (χ2n) is 3.86. The standard InChI is InChI=1S/C11H14N4O3/c1-18-11-3-2-9(6-13-11)7-14-5-4-12-10(14)8-15(16)17/h2-3,6,8,12H,4-5,7H2,1H3. The highest BCUT2D eigenvalue weighted by Gasteiger charge is 2.19. The van der Waals surface area contributed by atoms with E-state index in [4.69, 9.17) is 4.74 Å². The fourth-order valence-corrected chi connectivity index (χ4v) is 1.79. The van der Waals surface area contributed by atoms with Gasteiger partial charge in [-0.15, -0.1) is 0 Å². The van der Waals surface area contributed by atoms with Crippen molar-refractivity contribution in [3.8, 4) is 5.88 Å². The van der Waals surface area contributed by atoms with Gasteiger partial charge in [-0.1, -0.05) is 6.07 Å². The molecule has 1 aromatic rings. The van der Waals surface area contributed by atoms with Crippen molar-refractivity contribution in [1.82, 2.24) is 15.2 Å². The molecular formula is C11H14N4O3. The molecule has 7 nitrogen and oxygen atoms in total. The zero-order valence-electron chi connectivity index (χ0n) is 10.00. The van der Waals surface area contributed by atoms with Crippen LogP contribution in [0.5, 0.6) is 5.88 Å². The van der Waals surface area contributed by atoms with Crippen molar-refractivity contribution in [3.05, 3.63) is 46.0 Å². The summed E-state index contributed by atoms with van der Waals surface area (Å²) < 4.78 is 4.98. The Labute approximate surface area is 104 Å². The van der Waals surface area contributed by atoms with E-state index in [-0.39, 0.29) is 0 Å². The number of nitrogens with zero attached hydrogens (tertiary/aromatic N) is 3. The quantitative estimate of drug-likeness (QED) is 0.621. The van der Waals surface area contributed by atoms with Gasteiger partial charge in [0.05, 0.1) is 12.0 Å². The molecule has 0 spiro atoms. The molecule has 7 heteroatoms. The van der Waals surface area contributed by atoms with Crippen molar-refractivity contribution in [2.75, 3.05) is 20.2 Å². The van der Waals surface area contributed by atoms with E-state index >= 15 is 0 Å². The highest BCUT2D eigenvalue weighted by atomic mass is 16.6. The Hall–Kier alpha value is -2.31. The molecule has 0 radical (unpaired) electrons. The van der Waals surface area contributed by atoms with Gasteiger partial charge in [0.1, 0.15) is 0 Å². The molecule has 1 aromatic heterocycles. The van der Waals surface area contributed by atoms with Crippen LogP contribution in [0.2, 0.25) is 0 Å². The number of hydrogen-bond acceptors (Lipinski definition) is 6. The van der Waals surface area contributed by atoms with E-state index < -0.39 is 4.92 Å². The van der Waals surface area contributed by atoms with Gasteiger partial charge in [-0.3, -0.25) is 10.1 Å². The summed E-state index contributed by atoms with van der Waals surface area (Å²) in [7, 11) is 1.56. The summed E-state index contributed by atoms with van der Waals surface area (Å²) in [5.74, 6) is 1.09. The third kappa shape index (κ3) is 2.88. The molecule has 18 heavy (non-hydrogen) atoms. The number of hydrogen-bond donors (Lipinski definition) is 1. The van der Waals surface area contributed by atoms with Gasteiger partial charge in [0, 0.05) is 31.9 Å². The zero-order chi connectivity index (χ0) is 13.0. The highest BCUT2D eigenvalue weighted by Crippen LogP contribution is 2.14. The van der Waals surface area contributed by atoms with E-state index in [9.17, 15) is 10.1 Å². The van der Waals surface area contributed by atoms with Crippen molar-refractivity contribution in [2.24, 2.45) is 0 Å². The number of nitrogens with one attached hydrogen (secondary N) is 1. The third-order valence-corrected chi connectivity index (χ3v) is 2.64. The first-order valence-corrected chi connectivity index (χ1v) is 5.52. The molecule has 0 atom stereocenters. The van der Waals surface area contributed by atoms with Gasteiger partial charge in [-0.05, 0) is 5.56 Å². The maximum Gasteiger partial charge on any atom is 0.274 e. The monoisotopic (exact) mass is 250 g/mol. The van der Waals surface area contributed by atoms with Crippen molar-refractivity contribution in [3.63, 3.8) is 0 Å². The van der Waals surface area contributed by atoms with Crippen LogP contribution in [0.25, 0.3) is 0 Å². The highest BCUT2D eigenvalue weighted by molar-refractivity contribution is 5.18. The molecule has 1 N–H and O–H groups in total. The summed E-state index contributed by atoms with van der Waals surface area (Å²) in [6.07, 6.45) is 2.70. The predicted octanol–water partition coefficient (Wildman–Crippen LogP) is 0.571. The topological polar surface area (TPSA) is 80.5 Å². The summed E-state index contributed by atoms with van der Waals surface area (Å²) in [6, 6.07) is 3.67. The molecule has 0 aliphatic carbocycles. The Morgan fingerprint density at radius 2 is 2.50 bits per heavy atom. The maximum absolute atomic E-state index is 10.5. The molecule has 0 amide bonds. The van der Waals surface area contributed by atoms with Gasteiger partial charge >= 0.3 is 0 Å². The third-order valence-electron chi connectivity index (χ3n) is 2.64. The Morgan fingerprint density at radius 1 is 1.67 bits per heavy atom. The van der Waals surface area contributed by atoms with E-state index in [0.29, 0.717) is 24.8 Å². The van der Waals surface area contributed by atoms with Crippen LogP contribution in [0.1, 0.15) is 5.56 Å². The molecule has 1 aliphatic heterocycles. The van der Waals surface area contributed by atoms with E-state index in [0.717, 1.165) is 18.3 Å². The lowest BCUT2D eigenvalue weighted by molar-refractivity contribution is -0.404. The van der Waals surface area contributed by atoms with Gasteiger partial charge in [0.15, 0.2) is 5.82 Å². The Kier molecular flexibility index (Phi) is 3.61. The minimum absolute atomic E-state index is 0.451. The first-order valence-electron chi connectivity index (χ1n) is 5.52. The van der Waals surface area contributed by atoms with Crippen LogP contribution < -0.4 is 10.1 Å². The molecule has 96 valence electrons. The number of methoxy groups -OCH3 is 1. The lowest BCUT2D eigenvalue weighted by atomic mass is 10.2. The van der Waals surface area contributed by atoms with Crippen molar-refractivity contribution in [2.45, 2.75) is 6.54 Å². The van der Waals surface area contributed by atoms with Crippen LogP contribution in [-0.4, -0.2) is 35.0 Å². The van der Waals surface area contributed by atoms with Crippen LogP contribution in [-0.2, 0) is 6.54 Å². The Balaban J connectivity index is 2.05. The second-order valence-corrected chi connectivity index (χ2v) is 3.86. The molecule has 2 heterocycles. The minimum Gasteiger partial charge on any atom is -0.481 e. The van der Waals surface area contributed by atoms with Gasteiger partial charge < -0.3 is 15.0 Å². The summed E-state index contributed by atoms with van der Waals surface area (Å²) >= 11 is 0. The van der Waals surface area contributed by atoms with E-state index in [1.165, 1.54) is 0 Å². The van der Waals surface area contributed by atoms with Crippen molar-refractivity contribution < 1.29 is 9.66 Å². The fourth-order valence-electron chi connectivity index (χ4n) is 1.79. The molecule has 1 fully saturated rings. The zero-order valence-corrected chi connectivity index (χ0v) is 10.00. The minimum atomic E-state index is -0.451. The number of ether oxygens (including phenoxy) is 1. The van der Waals surface area contributed by atoms with Crippen molar-refractivity contribution >= 4 is 0 Å². The first kappa shape index (κ1) is 12.2. The average Bonchev–Trinajstić information content (AvgIpc) is 2.77. The van der Waals surface area contributed by atoms with Crippen LogP contribution in [0, 0.1) is 10.1 Å².